The van der Waals surface area contributed by atoms with Gasteiger partial charge in [-0.25, -0.2) is 0 Å². The van der Waals surface area contributed by atoms with Crippen molar-refractivity contribution in [1.82, 2.24) is 0 Å². The molecule has 2 rings (SSSR count). The number of benzene rings is 2. The number of hydrogen-bond acceptors (Lipinski definition) is 3. The minimum Gasteiger partial charge on any atom is -0.361 e. The Bertz CT molecular complexity index is 661. The van der Waals surface area contributed by atoms with Gasteiger partial charge >= 0.3 is 0 Å². The van der Waals surface area contributed by atoms with E-state index in [-0.39, 0.29) is 5.78 Å². The Labute approximate surface area is 131 Å². The molecule has 0 aromatic heterocycles. The zero-order chi connectivity index (χ0) is 16.0. The van der Waals surface area contributed by atoms with E-state index in [1.807, 2.05) is 55.5 Å². The minimum absolute atomic E-state index is 0.185. The van der Waals surface area contributed by atoms with E-state index in [0.717, 1.165) is 0 Å². The molecule has 0 radical (unpaired) electrons. The third-order valence-corrected chi connectivity index (χ3v) is 3.75. The molecule has 0 heterocycles. The van der Waals surface area contributed by atoms with Crippen LogP contribution in [0.25, 0.3) is 0 Å². The topological polar surface area (TPSA) is 50.1 Å². The summed E-state index contributed by atoms with van der Waals surface area (Å²) in [7, 11) is 0. The zero-order valence-corrected chi connectivity index (χ0v) is 12.8. The summed E-state index contributed by atoms with van der Waals surface area (Å²) >= 11 is 0. The molecule has 0 spiro atoms. The predicted octanol–water partition coefficient (Wildman–Crippen LogP) is 3.96. The Morgan fingerprint density at radius 2 is 1.68 bits per heavy atom. The van der Waals surface area contributed by atoms with Gasteiger partial charge in [0, 0.05) is 12.2 Å². The highest BCUT2D eigenvalue weighted by Gasteiger charge is 2.46. The average molecular weight is 293 g/mol. The second-order valence-electron chi connectivity index (χ2n) is 5.08. The summed E-state index contributed by atoms with van der Waals surface area (Å²) in [4.78, 5) is 13.2. The van der Waals surface area contributed by atoms with Crippen LogP contribution < -0.4 is 0 Å². The molecule has 0 aliphatic rings. The van der Waals surface area contributed by atoms with Gasteiger partial charge in [0.15, 0.2) is 5.60 Å². The number of carbonyl (C=O) groups excluding carboxylic acids is 1. The minimum atomic E-state index is -1.29. The molecule has 0 N–H and O–H groups in total. The average Bonchev–Trinajstić information content (AvgIpc) is 2.60. The van der Waals surface area contributed by atoms with Gasteiger partial charge in [-0.1, -0.05) is 60.7 Å². The van der Waals surface area contributed by atoms with Gasteiger partial charge in [0.1, 0.15) is 0 Å². The number of ketones is 1. The van der Waals surface area contributed by atoms with Crippen LogP contribution in [0.1, 0.15) is 29.8 Å². The highest BCUT2D eigenvalue weighted by atomic mass is 16.5. The first-order valence-electron chi connectivity index (χ1n) is 7.35. The Kier molecular flexibility index (Phi) is 5.08. The first-order chi connectivity index (χ1) is 10.7. The molecular formula is C19H19NO2. The fourth-order valence-electron chi connectivity index (χ4n) is 2.66. The van der Waals surface area contributed by atoms with Gasteiger partial charge in [-0.15, -0.1) is 0 Å². The number of Topliss-reactive ketones (excluding diaryl/α,β-unsaturated/α-hetero) is 1. The molecule has 0 bridgehead atoms. The van der Waals surface area contributed by atoms with Crippen LogP contribution in [0.2, 0.25) is 0 Å². The van der Waals surface area contributed by atoms with Gasteiger partial charge in [-0.2, -0.15) is 5.26 Å². The summed E-state index contributed by atoms with van der Waals surface area (Å²) < 4.78 is 5.91. The van der Waals surface area contributed by atoms with Crippen LogP contribution in [-0.2, 0) is 10.3 Å². The predicted molar refractivity (Wildman–Crippen MR) is 85.3 cm³/mol. The van der Waals surface area contributed by atoms with Crippen molar-refractivity contribution in [2.45, 2.75) is 19.4 Å². The van der Waals surface area contributed by atoms with Gasteiger partial charge in [0.05, 0.1) is 12.0 Å². The molecule has 0 amide bonds. The molecule has 2 unspecified atom stereocenters. The lowest BCUT2D eigenvalue weighted by atomic mass is 9.77. The smallest absolute Gasteiger partial charge is 0.200 e. The summed E-state index contributed by atoms with van der Waals surface area (Å²) in [6, 6.07) is 20.4. The molecule has 22 heavy (non-hydrogen) atoms. The second-order valence-corrected chi connectivity index (χ2v) is 5.08. The highest BCUT2D eigenvalue weighted by molar-refractivity contribution is 6.03. The number of carbonyl (C=O) groups is 1. The molecule has 3 nitrogen and oxygen atoms in total. The van der Waals surface area contributed by atoms with Crippen LogP contribution in [-0.4, -0.2) is 12.4 Å². The molecule has 0 saturated heterocycles. The largest absolute Gasteiger partial charge is 0.361 e. The van der Waals surface area contributed by atoms with Gasteiger partial charge in [-0.05, 0) is 19.4 Å². The third kappa shape index (κ3) is 2.79. The lowest BCUT2D eigenvalue weighted by Crippen LogP contribution is -2.44. The van der Waals surface area contributed by atoms with E-state index in [1.165, 1.54) is 0 Å². The van der Waals surface area contributed by atoms with Gasteiger partial charge in [0.25, 0.3) is 0 Å². The van der Waals surface area contributed by atoms with Crippen molar-refractivity contribution in [2.24, 2.45) is 5.92 Å². The number of hydrogen-bond donors (Lipinski definition) is 0. The number of ether oxygens (including phenoxy) is 1. The van der Waals surface area contributed by atoms with E-state index in [4.69, 9.17) is 4.74 Å². The van der Waals surface area contributed by atoms with Crippen LogP contribution >= 0.6 is 0 Å². The van der Waals surface area contributed by atoms with Crippen molar-refractivity contribution in [2.75, 3.05) is 6.61 Å². The van der Waals surface area contributed by atoms with Crippen LogP contribution in [0, 0.1) is 17.2 Å². The van der Waals surface area contributed by atoms with Crippen LogP contribution in [0.5, 0.6) is 0 Å². The first kappa shape index (κ1) is 15.9. The summed E-state index contributed by atoms with van der Waals surface area (Å²) in [6.45, 7) is 3.91. The summed E-state index contributed by atoms with van der Waals surface area (Å²) in [5, 5.41) is 9.47. The molecule has 112 valence electrons. The van der Waals surface area contributed by atoms with Gasteiger partial charge in [0.2, 0.25) is 5.78 Å². The van der Waals surface area contributed by atoms with E-state index in [0.29, 0.717) is 17.7 Å². The molecule has 0 fully saturated rings. The number of nitriles is 1. The van der Waals surface area contributed by atoms with Gasteiger partial charge in [-0.3, -0.25) is 4.79 Å². The summed E-state index contributed by atoms with van der Waals surface area (Å²) in [6.07, 6.45) is 0. The van der Waals surface area contributed by atoms with Crippen molar-refractivity contribution in [1.29, 1.82) is 5.26 Å². The lowest BCUT2D eigenvalue weighted by Gasteiger charge is -2.35. The monoisotopic (exact) mass is 293 g/mol. The van der Waals surface area contributed by atoms with Gasteiger partial charge < -0.3 is 4.74 Å². The van der Waals surface area contributed by atoms with Crippen molar-refractivity contribution in [3.63, 3.8) is 0 Å². The lowest BCUT2D eigenvalue weighted by molar-refractivity contribution is -0.0439. The Hall–Kier alpha value is -2.44. The molecule has 3 heteroatoms. The maximum absolute atomic E-state index is 13.2. The first-order valence-corrected chi connectivity index (χ1v) is 7.35. The standard InChI is InChI=1S/C19H19NO2/c1-3-22-19(15(2)14-20,17-12-8-5-9-13-17)18(21)16-10-6-4-7-11-16/h4-13,15H,3H2,1-2H3. The zero-order valence-electron chi connectivity index (χ0n) is 12.8. The molecule has 0 aliphatic carbocycles. The normalized spacial score (nSPS) is 14.6. The van der Waals surface area contributed by atoms with Crippen molar-refractivity contribution < 1.29 is 9.53 Å². The molecular weight excluding hydrogens is 274 g/mol. The molecule has 0 saturated carbocycles. The highest BCUT2D eigenvalue weighted by Crippen LogP contribution is 2.37. The molecule has 2 aromatic carbocycles. The summed E-state index contributed by atoms with van der Waals surface area (Å²) in [5.41, 5.74) is -0.0341. The fraction of sp³-hybridized carbons (Fsp3) is 0.263. The van der Waals surface area contributed by atoms with Crippen molar-refractivity contribution in [3.05, 3.63) is 71.8 Å². The number of nitrogens with zero attached hydrogens (tertiary/aromatic N) is 1. The Morgan fingerprint density at radius 3 is 2.18 bits per heavy atom. The molecule has 0 aliphatic heterocycles. The van der Waals surface area contributed by atoms with Crippen molar-refractivity contribution in [3.8, 4) is 6.07 Å². The van der Waals surface area contributed by atoms with Crippen LogP contribution in [0.15, 0.2) is 60.7 Å². The SMILES string of the molecule is CCOC(C(=O)c1ccccc1)(c1ccccc1)C(C)C#N. The van der Waals surface area contributed by atoms with E-state index in [1.54, 1.807) is 19.1 Å². The quantitative estimate of drug-likeness (QED) is 0.757. The fourth-order valence-corrected chi connectivity index (χ4v) is 2.66. The maximum atomic E-state index is 13.2. The van der Waals surface area contributed by atoms with E-state index >= 15 is 0 Å². The Morgan fingerprint density at radius 1 is 1.14 bits per heavy atom. The molecule has 2 atom stereocenters. The second kappa shape index (κ2) is 7.02. The maximum Gasteiger partial charge on any atom is 0.200 e. The molecule has 2 aromatic rings. The third-order valence-electron chi connectivity index (χ3n) is 3.75. The van der Waals surface area contributed by atoms with E-state index < -0.39 is 11.5 Å². The Balaban J connectivity index is 2.63. The van der Waals surface area contributed by atoms with Crippen molar-refractivity contribution >= 4 is 5.78 Å². The summed E-state index contributed by atoms with van der Waals surface area (Å²) in [5.74, 6) is -0.794. The van der Waals surface area contributed by atoms with Crippen LogP contribution in [0.4, 0.5) is 0 Å². The van der Waals surface area contributed by atoms with Crippen LogP contribution in [0.3, 0.4) is 0 Å². The number of rotatable bonds is 6. The van der Waals surface area contributed by atoms with E-state index in [9.17, 15) is 10.1 Å². The van der Waals surface area contributed by atoms with E-state index in [2.05, 4.69) is 6.07 Å².